The molecule has 0 spiro atoms. The van der Waals surface area contributed by atoms with E-state index in [0.29, 0.717) is 41.3 Å². The fraction of sp³-hybridized carbons (Fsp3) is 0.389. The van der Waals surface area contributed by atoms with E-state index in [0.717, 1.165) is 42.4 Å². The number of fused-ring (bicyclic) bond motifs is 2. The fourth-order valence-electron chi connectivity index (χ4n) is 3.67. The first-order valence-corrected chi connectivity index (χ1v) is 11.6. The molecule has 31 heavy (non-hydrogen) atoms. The van der Waals surface area contributed by atoms with Crippen LogP contribution in [-0.2, 0) is 28.0 Å². The predicted molar refractivity (Wildman–Crippen MR) is 105 cm³/mol. The van der Waals surface area contributed by atoms with E-state index in [1.807, 2.05) is 0 Å². The minimum Gasteiger partial charge on any atom is -0.355 e. The van der Waals surface area contributed by atoms with E-state index < -0.39 is 21.5 Å². The quantitative estimate of drug-likeness (QED) is 0.322. The van der Waals surface area contributed by atoms with Crippen molar-refractivity contribution >= 4 is 38.0 Å². The third kappa shape index (κ3) is 3.45. The van der Waals surface area contributed by atoms with Gasteiger partial charge >= 0.3 is 15.6 Å². The Morgan fingerprint density at radius 2 is 2.03 bits per heavy atom. The summed E-state index contributed by atoms with van der Waals surface area (Å²) in [7, 11) is -5.80. The average molecular weight is 472 g/mol. The number of thiophene rings is 1. The smallest absolute Gasteiger partial charge is 0.355 e. The van der Waals surface area contributed by atoms with Crippen LogP contribution in [0.1, 0.15) is 30.3 Å². The highest BCUT2D eigenvalue weighted by Crippen LogP contribution is 2.44. The van der Waals surface area contributed by atoms with Gasteiger partial charge in [0.1, 0.15) is 5.82 Å². The zero-order valence-electron chi connectivity index (χ0n) is 15.8. The highest BCUT2D eigenvalue weighted by molar-refractivity contribution is 7.87. The third-order valence-corrected chi connectivity index (χ3v) is 7.23. The van der Waals surface area contributed by atoms with Crippen molar-refractivity contribution in [2.45, 2.75) is 37.4 Å². The van der Waals surface area contributed by atoms with Gasteiger partial charge in [0.25, 0.3) is 0 Å². The number of alkyl halides is 3. The van der Waals surface area contributed by atoms with Gasteiger partial charge in [0.15, 0.2) is 0 Å². The van der Waals surface area contributed by atoms with Crippen molar-refractivity contribution < 1.29 is 30.6 Å². The molecular weight excluding hydrogens is 457 g/mol. The summed E-state index contributed by atoms with van der Waals surface area (Å²) >= 11 is 1.22. The molecule has 1 saturated carbocycles. The summed E-state index contributed by atoms with van der Waals surface area (Å²) in [4.78, 5) is 21.6. The van der Waals surface area contributed by atoms with Gasteiger partial charge < -0.3 is 13.7 Å². The summed E-state index contributed by atoms with van der Waals surface area (Å²) < 4.78 is 67.0. The molecule has 0 bridgehead atoms. The third-order valence-electron chi connectivity index (χ3n) is 5.33. The van der Waals surface area contributed by atoms with E-state index in [1.165, 1.54) is 17.5 Å². The second-order valence-corrected chi connectivity index (χ2v) is 9.87. The van der Waals surface area contributed by atoms with Gasteiger partial charge in [-0.25, -0.2) is 9.97 Å². The van der Waals surface area contributed by atoms with Crippen LogP contribution in [0.2, 0.25) is 0 Å². The topological polar surface area (TPSA) is 94.4 Å². The lowest BCUT2D eigenvalue weighted by Gasteiger charge is -2.26. The highest BCUT2D eigenvalue weighted by atomic mass is 32.2. The second-order valence-electron chi connectivity index (χ2n) is 7.42. The molecule has 0 N–H and O–H groups in total. The van der Waals surface area contributed by atoms with Crippen molar-refractivity contribution in [2.24, 2.45) is 0 Å². The van der Waals surface area contributed by atoms with Crippen molar-refractivity contribution in [2.75, 3.05) is 6.54 Å². The highest BCUT2D eigenvalue weighted by Gasteiger charge is 2.49. The number of pyridine rings is 1. The molecule has 1 amide bonds. The van der Waals surface area contributed by atoms with Crippen molar-refractivity contribution in [1.82, 2.24) is 19.4 Å². The predicted octanol–water partition coefficient (Wildman–Crippen LogP) is 3.24. The van der Waals surface area contributed by atoms with E-state index >= 15 is 0 Å². The summed E-state index contributed by atoms with van der Waals surface area (Å²) in [6.45, 7) is 1.67. The van der Waals surface area contributed by atoms with E-state index in [-0.39, 0.29) is 0 Å². The van der Waals surface area contributed by atoms with Crippen molar-refractivity contribution in [1.29, 1.82) is 0 Å². The van der Waals surface area contributed by atoms with Crippen LogP contribution in [0.15, 0.2) is 17.6 Å². The Labute approximate surface area is 178 Å². The number of aromatic nitrogens is 3. The van der Waals surface area contributed by atoms with E-state index in [1.54, 1.807) is 10.3 Å². The molecule has 0 aromatic carbocycles. The number of imidazole rings is 1. The Kier molecular flexibility index (Phi) is 4.52. The molecule has 1 aliphatic heterocycles. The molecule has 0 unspecified atom stereocenters. The maximum absolute atomic E-state index is 12.6. The summed E-state index contributed by atoms with van der Waals surface area (Å²) in [5, 5.41) is 2.42. The Bertz CT molecular complexity index is 1300. The van der Waals surface area contributed by atoms with Crippen molar-refractivity contribution in [3.05, 3.63) is 29.2 Å². The largest absolute Gasteiger partial charge is 0.534 e. The minimum atomic E-state index is -5.80. The van der Waals surface area contributed by atoms with E-state index in [4.69, 9.17) is 4.98 Å². The molecule has 2 aliphatic rings. The van der Waals surface area contributed by atoms with Crippen LogP contribution in [-0.4, -0.2) is 46.3 Å². The summed E-state index contributed by atoms with van der Waals surface area (Å²) in [6, 6.07) is 1.16. The molecule has 8 nitrogen and oxygen atoms in total. The molecule has 1 aliphatic carbocycles. The summed E-state index contributed by atoms with van der Waals surface area (Å²) in [5.74, 6) is 0.723. The van der Waals surface area contributed by atoms with Crippen LogP contribution in [0.4, 0.5) is 13.2 Å². The zero-order chi connectivity index (χ0) is 22.0. The van der Waals surface area contributed by atoms with Crippen LogP contribution in [0, 0.1) is 0 Å². The molecule has 0 radical (unpaired) electrons. The maximum atomic E-state index is 12.6. The molecule has 1 fully saturated rings. The maximum Gasteiger partial charge on any atom is 0.534 e. The lowest BCUT2D eigenvalue weighted by atomic mass is 10.1. The van der Waals surface area contributed by atoms with Crippen LogP contribution in [0.25, 0.3) is 21.3 Å². The molecule has 13 heteroatoms. The number of hydrogen-bond acceptors (Lipinski definition) is 7. The van der Waals surface area contributed by atoms with Gasteiger partial charge in [-0.1, -0.05) is 0 Å². The van der Waals surface area contributed by atoms with E-state index in [2.05, 4.69) is 13.7 Å². The molecule has 0 atom stereocenters. The number of hydrogen-bond donors (Lipinski definition) is 0. The van der Waals surface area contributed by atoms with Crippen LogP contribution in [0.5, 0.6) is 5.88 Å². The minimum absolute atomic E-state index is 0.394. The number of nitrogens with zero attached hydrogens (tertiary/aromatic N) is 4. The molecule has 5 rings (SSSR count). The standard InChI is InChI=1S/C18H15F3N4O4S2/c19-18(20,21)31(27,28)29-15-5-14-11(6-22-15)12(8-30-14)16-13-7-24(9-26)3-4-25(13)17(23-16)10-1-2-10/h5-6,8-10H,1-4,7H2. The Morgan fingerprint density at radius 3 is 2.71 bits per heavy atom. The lowest BCUT2D eigenvalue weighted by molar-refractivity contribution is -0.119. The van der Waals surface area contributed by atoms with Crippen LogP contribution >= 0.6 is 11.3 Å². The zero-order valence-corrected chi connectivity index (χ0v) is 17.4. The van der Waals surface area contributed by atoms with Gasteiger partial charge in [0.2, 0.25) is 12.3 Å². The first-order chi connectivity index (χ1) is 14.7. The number of carbonyl (C=O) groups excluding carboxylic acids is 1. The average Bonchev–Trinajstić information content (AvgIpc) is 3.37. The van der Waals surface area contributed by atoms with Gasteiger partial charge in [0, 0.05) is 52.3 Å². The van der Waals surface area contributed by atoms with Gasteiger partial charge in [-0.15, -0.1) is 11.3 Å². The Balaban J connectivity index is 1.56. The Morgan fingerprint density at radius 1 is 1.26 bits per heavy atom. The Hall–Kier alpha value is -2.67. The van der Waals surface area contributed by atoms with Gasteiger partial charge in [-0.2, -0.15) is 21.6 Å². The van der Waals surface area contributed by atoms with Crippen molar-refractivity contribution in [3.8, 4) is 17.1 Å². The lowest BCUT2D eigenvalue weighted by Crippen LogP contribution is -2.33. The summed E-state index contributed by atoms with van der Waals surface area (Å²) in [5.41, 5.74) is -3.19. The normalized spacial score (nSPS) is 17.1. The number of halogens is 3. The van der Waals surface area contributed by atoms with E-state index in [9.17, 15) is 26.4 Å². The van der Waals surface area contributed by atoms with Crippen molar-refractivity contribution in [3.63, 3.8) is 0 Å². The van der Waals surface area contributed by atoms with Crippen LogP contribution < -0.4 is 4.18 Å². The molecule has 4 heterocycles. The molecular formula is C18H15F3N4O4S2. The molecule has 164 valence electrons. The first-order valence-electron chi connectivity index (χ1n) is 9.35. The summed E-state index contributed by atoms with van der Waals surface area (Å²) in [6.07, 6.45) is 4.21. The number of rotatable bonds is 5. The molecule has 3 aromatic heterocycles. The number of amides is 1. The van der Waals surface area contributed by atoms with Gasteiger partial charge in [-0.3, -0.25) is 4.79 Å². The fourth-order valence-corrected chi connectivity index (χ4v) is 5.02. The number of carbonyl (C=O) groups is 1. The van der Waals surface area contributed by atoms with Gasteiger partial charge in [0.05, 0.1) is 17.9 Å². The van der Waals surface area contributed by atoms with Crippen LogP contribution in [0.3, 0.4) is 0 Å². The van der Waals surface area contributed by atoms with Gasteiger partial charge in [-0.05, 0) is 12.8 Å². The monoisotopic (exact) mass is 472 g/mol. The SMILES string of the molecule is O=CN1CCn2c(C3CC3)nc(-c3csc4cc(OS(=O)(=O)C(F)(F)F)ncc34)c2C1. The molecule has 3 aromatic rings. The first kappa shape index (κ1) is 20.2. The molecule has 0 saturated heterocycles. The second kappa shape index (κ2) is 6.92.